The SMILES string of the molecule is [2H]C(CC(C)CCC=C(C)C)C([2H])(C(=O)OC(C)C)c1ccccc1. The van der Waals surface area contributed by atoms with Gasteiger partial charge in [-0.25, -0.2) is 0 Å². The van der Waals surface area contributed by atoms with E-state index in [1.54, 1.807) is 38.1 Å². The van der Waals surface area contributed by atoms with E-state index in [9.17, 15) is 4.79 Å². The summed E-state index contributed by atoms with van der Waals surface area (Å²) in [5, 5.41) is 0. The van der Waals surface area contributed by atoms with Crippen molar-refractivity contribution in [1.82, 2.24) is 0 Å². The summed E-state index contributed by atoms with van der Waals surface area (Å²) in [4.78, 5) is 12.7. The molecule has 1 aromatic rings. The summed E-state index contributed by atoms with van der Waals surface area (Å²) in [7, 11) is 0. The Labute approximate surface area is 144 Å². The second kappa shape index (κ2) is 10.3. The van der Waals surface area contributed by atoms with E-state index in [2.05, 4.69) is 26.8 Å². The first-order valence-electron chi connectivity index (χ1n) is 9.57. The largest absolute Gasteiger partial charge is 0.463 e. The van der Waals surface area contributed by atoms with Crippen molar-refractivity contribution >= 4 is 5.97 Å². The molecule has 0 amide bonds. The number of carbonyl (C=O) groups is 1. The van der Waals surface area contributed by atoms with Gasteiger partial charge in [0.25, 0.3) is 0 Å². The minimum Gasteiger partial charge on any atom is -0.463 e. The lowest BCUT2D eigenvalue weighted by Gasteiger charge is -2.20. The van der Waals surface area contributed by atoms with Crippen LogP contribution in [0.15, 0.2) is 42.0 Å². The monoisotopic (exact) mass is 318 g/mol. The van der Waals surface area contributed by atoms with Crippen LogP contribution in [0.1, 0.15) is 74.5 Å². The molecule has 0 heterocycles. The van der Waals surface area contributed by atoms with Crippen molar-refractivity contribution in [3.05, 3.63) is 47.5 Å². The molecule has 128 valence electrons. The quantitative estimate of drug-likeness (QED) is 0.419. The topological polar surface area (TPSA) is 26.3 Å². The first-order valence-corrected chi connectivity index (χ1v) is 8.50. The Hall–Kier alpha value is -1.57. The molecule has 0 N–H and O–H groups in total. The zero-order chi connectivity index (χ0) is 19.0. The van der Waals surface area contributed by atoms with Crippen LogP contribution in [-0.2, 0) is 9.53 Å². The molecule has 0 aliphatic rings. The van der Waals surface area contributed by atoms with Crippen molar-refractivity contribution in [1.29, 1.82) is 0 Å². The van der Waals surface area contributed by atoms with Gasteiger partial charge in [-0.1, -0.05) is 48.9 Å². The second-order valence-electron chi connectivity index (χ2n) is 6.64. The lowest BCUT2D eigenvalue weighted by atomic mass is 9.89. The van der Waals surface area contributed by atoms with E-state index < -0.39 is 18.3 Å². The highest BCUT2D eigenvalue weighted by Gasteiger charge is 2.23. The number of rotatable bonds is 9. The maximum atomic E-state index is 12.7. The van der Waals surface area contributed by atoms with Crippen LogP contribution < -0.4 is 0 Å². The Bertz CT molecular complexity index is 565. The van der Waals surface area contributed by atoms with Gasteiger partial charge in [0.2, 0.25) is 0 Å². The van der Waals surface area contributed by atoms with E-state index in [0.717, 1.165) is 12.8 Å². The molecule has 1 aromatic carbocycles. The Balaban J connectivity index is 2.95. The molecule has 2 heteroatoms. The number of benzene rings is 1. The van der Waals surface area contributed by atoms with E-state index in [-0.39, 0.29) is 12.0 Å². The summed E-state index contributed by atoms with van der Waals surface area (Å²) in [6.07, 6.45) is 3.41. The minimum absolute atomic E-state index is 0.262. The third-order valence-corrected chi connectivity index (χ3v) is 3.58. The highest BCUT2D eigenvalue weighted by atomic mass is 16.5. The zero-order valence-electron chi connectivity index (χ0n) is 17.1. The summed E-state index contributed by atoms with van der Waals surface area (Å²) >= 11 is 0. The molecular formula is C21H32O2. The van der Waals surface area contributed by atoms with Gasteiger partial charge in [0.15, 0.2) is 0 Å². The second-order valence-corrected chi connectivity index (χ2v) is 6.64. The highest BCUT2D eigenvalue weighted by Crippen LogP contribution is 2.27. The molecule has 0 bridgehead atoms. The fourth-order valence-electron chi connectivity index (χ4n) is 2.31. The van der Waals surface area contributed by atoms with Crippen molar-refractivity contribution in [3.8, 4) is 0 Å². The molecule has 0 aliphatic heterocycles. The number of esters is 1. The standard InChI is InChI=1S/C21H32O2/c1-16(2)10-9-11-18(5)14-15-20(21(22)23-17(3)4)19-12-7-6-8-13-19/h6-8,10,12-13,17-18,20H,9,11,14-15H2,1-5H3/i15D,20D. The summed E-state index contributed by atoms with van der Waals surface area (Å²) < 4.78 is 22.7. The van der Waals surface area contributed by atoms with E-state index in [4.69, 9.17) is 7.48 Å². The van der Waals surface area contributed by atoms with Crippen molar-refractivity contribution in [3.63, 3.8) is 0 Å². The molecule has 0 saturated carbocycles. The van der Waals surface area contributed by atoms with Crippen LogP contribution in [0.3, 0.4) is 0 Å². The van der Waals surface area contributed by atoms with Gasteiger partial charge in [-0.15, -0.1) is 0 Å². The summed E-state index contributed by atoms with van der Waals surface area (Å²) in [5.74, 6) is -2.07. The van der Waals surface area contributed by atoms with Gasteiger partial charge >= 0.3 is 5.97 Å². The normalized spacial score (nSPS) is 17.5. The molecule has 0 aliphatic carbocycles. The minimum atomic E-state index is -1.70. The molecular weight excluding hydrogens is 284 g/mol. The predicted molar refractivity (Wildman–Crippen MR) is 97.5 cm³/mol. The van der Waals surface area contributed by atoms with Crippen LogP contribution in [0.4, 0.5) is 0 Å². The lowest BCUT2D eigenvalue weighted by Crippen LogP contribution is -2.20. The van der Waals surface area contributed by atoms with Crippen LogP contribution in [0.5, 0.6) is 0 Å². The number of carbonyl (C=O) groups excluding carboxylic acids is 1. The number of ether oxygens (including phenoxy) is 1. The van der Waals surface area contributed by atoms with Gasteiger partial charge in [-0.3, -0.25) is 4.79 Å². The number of hydrogen-bond donors (Lipinski definition) is 0. The molecule has 23 heavy (non-hydrogen) atoms. The van der Waals surface area contributed by atoms with E-state index in [0.29, 0.717) is 12.0 Å². The van der Waals surface area contributed by atoms with E-state index >= 15 is 0 Å². The maximum absolute atomic E-state index is 12.7. The number of allylic oxidation sites excluding steroid dienone is 2. The van der Waals surface area contributed by atoms with Crippen molar-refractivity contribution in [2.45, 2.75) is 72.3 Å². The summed E-state index contributed by atoms with van der Waals surface area (Å²) in [5.41, 5.74) is 1.81. The van der Waals surface area contributed by atoms with Crippen LogP contribution in [-0.4, -0.2) is 12.1 Å². The van der Waals surface area contributed by atoms with Gasteiger partial charge in [-0.05, 0) is 64.8 Å². The Morgan fingerprint density at radius 3 is 2.43 bits per heavy atom. The first kappa shape index (κ1) is 16.3. The predicted octanol–water partition coefficient (Wildman–Crippen LogP) is 5.88. The first-order chi connectivity index (χ1) is 11.7. The van der Waals surface area contributed by atoms with Crippen LogP contribution >= 0.6 is 0 Å². The van der Waals surface area contributed by atoms with Crippen molar-refractivity contribution in [2.24, 2.45) is 5.92 Å². The zero-order valence-corrected chi connectivity index (χ0v) is 15.1. The molecule has 0 fully saturated rings. The molecule has 1 rings (SSSR count). The highest BCUT2D eigenvalue weighted by molar-refractivity contribution is 5.78. The maximum Gasteiger partial charge on any atom is 0.313 e. The number of hydrogen-bond acceptors (Lipinski definition) is 2. The average Bonchev–Trinajstić information content (AvgIpc) is 2.53. The molecule has 0 aromatic heterocycles. The van der Waals surface area contributed by atoms with Gasteiger partial charge in [0.05, 0.1) is 12.0 Å². The van der Waals surface area contributed by atoms with E-state index in [1.165, 1.54) is 5.57 Å². The molecule has 3 atom stereocenters. The molecule has 3 unspecified atom stereocenters. The summed E-state index contributed by atoms with van der Waals surface area (Å²) in [6, 6.07) is 8.92. The van der Waals surface area contributed by atoms with Crippen molar-refractivity contribution in [2.75, 3.05) is 0 Å². The molecule has 0 saturated heterocycles. The summed E-state index contributed by atoms with van der Waals surface area (Å²) in [6.45, 7) is 9.77. The molecule has 0 spiro atoms. The van der Waals surface area contributed by atoms with Crippen LogP contribution in [0, 0.1) is 5.92 Å². The molecule has 2 nitrogen and oxygen atoms in total. The van der Waals surface area contributed by atoms with E-state index in [1.807, 2.05) is 6.07 Å². The van der Waals surface area contributed by atoms with Gasteiger partial charge < -0.3 is 4.74 Å². The lowest BCUT2D eigenvalue weighted by molar-refractivity contribution is -0.149. The van der Waals surface area contributed by atoms with Gasteiger partial charge in [0.1, 0.15) is 0 Å². The fourth-order valence-corrected chi connectivity index (χ4v) is 2.31. The average molecular weight is 318 g/mol. The third kappa shape index (κ3) is 8.01. The van der Waals surface area contributed by atoms with Crippen LogP contribution in [0.2, 0.25) is 0 Å². The molecule has 0 radical (unpaired) electrons. The van der Waals surface area contributed by atoms with Crippen LogP contribution in [0.25, 0.3) is 0 Å². The van der Waals surface area contributed by atoms with Gasteiger partial charge in [-0.2, -0.15) is 0 Å². The Morgan fingerprint density at radius 2 is 1.87 bits per heavy atom. The Morgan fingerprint density at radius 1 is 1.22 bits per heavy atom. The third-order valence-electron chi connectivity index (χ3n) is 3.58. The van der Waals surface area contributed by atoms with Crippen molar-refractivity contribution < 1.29 is 12.3 Å². The smallest absolute Gasteiger partial charge is 0.313 e. The Kier molecular flexibility index (Phi) is 7.26. The van der Waals surface area contributed by atoms with Gasteiger partial charge in [0, 0.05) is 2.74 Å². The fraction of sp³-hybridized carbons (Fsp3) is 0.571.